The first-order valence-electron chi connectivity index (χ1n) is 6.42. The molecule has 2 heterocycles. The van der Waals surface area contributed by atoms with Gasteiger partial charge in [0.05, 0.1) is 25.1 Å². The summed E-state index contributed by atoms with van der Waals surface area (Å²) in [6, 6.07) is 4.23. The normalized spacial score (nSPS) is 23.4. The summed E-state index contributed by atoms with van der Waals surface area (Å²) in [6.45, 7) is 1.47. The van der Waals surface area contributed by atoms with Crippen molar-refractivity contribution in [3.05, 3.63) is 23.5 Å². The number of ether oxygens (including phenoxy) is 2. The van der Waals surface area contributed by atoms with Gasteiger partial charge in [0.25, 0.3) is 0 Å². The number of nitrogens with zero attached hydrogens (tertiary/aromatic N) is 1. The largest absolute Gasteiger partial charge is 0.381 e. The van der Waals surface area contributed by atoms with Gasteiger partial charge in [-0.25, -0.2) is 4.98 Å². The highest BCUT2D eigenvalue weighted by Crippen LogP contribution is 2.36. The van der Waals surface area contributed by atoms with Crippen LogP contribution in [0.15, 0.2) is 18.3 Å². The first kappa shape index (κ1) is 12.2. The monoisotopic (exact) mass is 268 g/mol. The molecule has 2 fully saturated rings. The Bertz CT molecular complexity index is 394. The molecule has 1 N–H and O–H groups in total. The number of hydrogen-bond donors (Lipinski definition) is 1. The van der Waals surface area contributed by atoms with Crippen molar-refractivity contribution < 1.29 is 9.47 Å². The average Bonchev–Trinajstić information content (AvgIpc) is 2.84. The molecule has 1 saturated carbocycles. The third-order valence-electron chi connectivity index (χ3n) is 3.66. The summed E-state index contributed by atoms with van der Waals surface area (Å²) in [4.78, 5) is 4.07. The Morgan fingerprint density at radius 3 is 2.56 bits per heavy atom. The molecule has 0 radical (unpaired) electrons. The SMILES string of the molecule is Clc1ccc(NC2CCC3(CC2)OCCO3)cn1. The van der Waals surface area contributed by atoms with E-state index in [0.29, 0.717) is 11.2 Å². The van der Waals surface area contributed by atoms with Crippen molar-refractivity contribution in [2.75, 3.05) is 18.5 Å². The van der Waals surface area contributed by atoms with Crippen molar-refractivity contribution in [2.24, 2.45) is 0 Å². The van der Waals surface area contributed by atoms with Crippen LogP contribution in [0.4, 0.5) is 5.69 Å². The van der Waals surface area contributed by atoms with E-state index in [1.54, 1.807) is 12.3 Å². The number of pyridine rings is 1. The van der Waals surface area contributed by atoms with Gasteiger partial charge in [0.1, 0.15) is 5.15 Å². The molecule has 5 heteroatoms. The maximum atomic E-state index is 5.76. The fourth-order valence-corrected chi connectivity index (χ4v) is 2.80. The van der Waals surface area contributed by atoms with Gasteiger partial charge in [0, 0.05) is 18.9 Å². The van der Waals surface area contributed by atoms with Crippen LogP contribution in [0.3, 0.4) is 0 Å². The molecule has 1 aromatic heterocycles. The second kappa shape index (κ2) is 5.03. The highest BCUT2D eigenvalue weighted by molar-refractivity contribution is 6.29. The number of rotatable bonds is 2. The summed E-state index contributed by atoms with van der Waals surface area (Å²) in [5, 5.41) is 4.01. The lowest BCUT2D eigenvalue weighted by atomic mass is 9.90. The number of hydrogen-bond acceptors (Lipinski definition) is 4. The fraction of sp³-hybridized carbons (Fsp3) is 0.615. The number of halogens is 1. The molecular weight excluding hydrogens is 252 g/mol. The molecule has 3 rings (SSSR count). The van der Waals surface area contributed by atoms with E-state index in [2.05, 4.69) is 10.3 Å². The molecule has 0 unspecified atom stereocenters. The van der Waals surface area contributed by atoms with Crippen molar-refractivity contribution in [2.45, 2.75) is 37.5 Å². The van der Waals surface area contributed by atoms with Crippen LogP contribution in [-0.4, -0.2) is 30.0 Å². The molecule has 2 aliphatic rings. The molecule has 1 spiro atoms. The Labute approximate surface area is 112 Å². The van der Waals surface area contributed by atoms with Crippen LogP contribution in [0.5, 0.6) is 0 Å². The second-order valence-electron chi connectivity index (χ2n) is 4.90. The Morgan fingerprint density at radius 2 is 1.94 bits per heavy atom. The number of nitrogens with one attached hydrogen (secondary N) is 1. The van der Waals surface area contributed by atoms with E-state index in [4.69, 9.17) is 21.1 Å². The van der Waals surface area contributed by atoms with Gasteiger partial charge < -0.3 is 14.8 Å². The predicted molar refractivity (Wildman–Crippen MR) is 69.8 cm³/mol. The van der Waals surface area contributed by atoms with E-state index >= 15 is 0 Å². The van der Waals surface area contributed by atoms with Crippen LogP contribution in [-0.2, 0) is 9.47 Å². The highest BCUT2D eigenvalue weighted by Gasteiger charge is 2.40. The van der Waals surface area contributed by atoms with E-state index in [-0.39, 0.29) is 5.79 Å². The minimum absolute atomic E-state index is 0.281. The standard InChI is InChI=1S/C13H17ClN2O2/c14-12-2-1-11(9-15-12)16-10-3-5-13(6-4-10)17-7-8-18-13/h1-2,9-10,16H,3-8H2. The lowest BCUT2D eigenvalue weighted by molar-refractivity contribution is -0.177. The third-order valence-corrected chi connectivity index (χ3v) is 3.88. The van der Waals surface area contributed by atoms with Crippen molar-refractivity contribution >= 4 is 17.3 Å². The zero-order chi connectivity index (χ0) is 12.4. The molecule has 0 amide bonds. The maximum Gasteiger partial charge on any atom is 0.168 e. The molecule has 1 aromatic rings. The summed E-state index contributed by atoms with van der Waals surface area (Å²) in [6.07, 6.45) is 5.82. The molecule has 4 nitrogen and oxygen atoms in total. The van der Waals surface area contributed by atoms with Gasteiger partial charge in [-0.2, -0.15) is 0 Å². The van der Waals surface area contributed by atoms with Crippen molar-refractivity contribution in [3.8, 4) is 0 Å². The molecule has 98 valence electrons. The Hall–Kier alpha value is -0.840. The lowest BCUT2D eigenvalue weighted by Gasteiger charge is -2.35. The summed E-state index contributed by atoms with van der Waals surface area (Å²) >= 11 is 5.76. The van der Waals surface area contributed by atoms with Crippen molar-refractivity contribution in [1.82, 2.24) is 4.98 Å². The molecule has 1 saturated heterocycles. The zero-order valence-corrected chi connectivity index (χ0v) is 10.9. The summed E-state index contributed by atoms with van der Waals surface area (Å²) in [7, 11) is 0. The first-order valence-corrected chi connectivity index (χ1v) is 6.80. The summed E-state index contributed by atoms with van der Waals surface area (Å²) < 4.78 is 11.4. The molecule has 0 atom stereocenters. The van der Waals surface area contributed by atoms with Crippen LogP contribution in [0, 0.1) is 0 Å². The van der Waals surface area contributed by atoms with Crippen LogP contribution in [0.1, 0.15) is 25.7 Å². The van der Waals surface area contributed by atoms with E-state index in [1.807, 2.05) is 6.07 Å². The number of aromatic nitrogens is 1. The van der Waals surface area contributed by atoms with Gasteiger partial charge in [-0.3, -0.25) is 0 Å². The van der Waals surface area contributed by atoms with Crippen LogP contribution >= 0.6 is 11.6 Å². The molecule has 1 aliphatic heterocycles. The fourth-order valence-electron chi connectivity index (χ4n) is 2.68. The smallest absolute Gasteiger partial charge is 0.168 e. The Kier molecular flexibility index (Phi) is 3.41. The van der Waals surface area contributed by atoms with Gasteiger partial charge in [0.2, 0.25) is 0 Å². The molecule has 0 bridgehead atoms. The van der Waals surface area contributed by atoms with Gasteiger partial charge in [-0.15, -0.1) is 0 Å². The summed E-state index contributed by atoms with van der Waals surface area (Å²) in [5.74, 6) is -0.281. The Balaban J connectivity index is 1.55. The molecular formula is C13H17ClN2O2. The van der Waals surface area contributed by atoms with Crippen molar-refractivity contribution in [3.63, 3.8) is 0 Å². The van der Waals surface area contributed by atoms with Gasteiger partial charge in [0.15, 0.2) is 5.79 Å². The minimum Gasteiger partial charge on any atom is -0.381 e. The third kappa shape index (κ3) is 2.60. The van der Waals surface area contributed by atoms with E-state index in [9.17, 15) is 0 Å². The quantitative estimate of drug-likeness (QED) is 0.838. The molecule has 18 heavy (non-hydrogen) atoms. The van der Waals surface area contributed by atoms with E-state index in [0.717, 1.165) is 44.6 Å². The van der Waals surface area contributed by atoms with Crippen LogP contribution in [0.25, 0.3) is 0 Å². The molecule has 1 aliphatic carbocycles. The minimum atomic E-state index is -0.281. The molecule has 0 aromatic carbocycles. The second-order valence-corrected chi connectivity index (χ2v) is 5.28. The zero-order valence-electron chi connectivity index (χ0n) is 10.2. The number of anilines is 1. The van der Waals surface area contributed by atoms with Crippen LogP contribution in [0.2, 0.25) is 5.15 Å². The van der Waals surface area contributed by atoms with Gasteiger partial charge in [-0.05, 0) is 25.0 Å². The van der Waals surface area contributed by atoms with Gasteiger partial charge >= 0.3 is 0 Å². The predicted octanol–water partition coefficient (Wildman–Crippen LogP) is 2.83. The van der Waals surface area contributed by atoms with E-state index in [1.165, 1.54) is 0 Å². The lowest BCUT2D eigenvalue weighted by Crippen LogP contribution is -2.39. The van der Waals surface area contributed by atoms with E-state index < -0.39 is 0 Å². The average molecular weight is 269 g/mol. The summed E-state index contributed by atoms with van der Waals surface area (Å²) in [5.41, 5.74) is 1.02. The van der Waals surface area contributed by atoms with Gasteiger partial charge in [-0.1, -0.05) is 11.6 Å². The maximum absolute atomic E-state index is 5.76. The van der Waals surface area contributed by atoms with Crippen molar-refractivity contribution in [1.29, 1.82) is 0 Å². The van der Waals surface area contributed by atoms with Crippen LogP contribution < -0.4 is 5.32 Å². The highest BCUT2D eigenvalue weighted by atomic mass is 35.5. The Morgan fingerprint density at radius 1 is 1.22 bits per heavy atom. The first-order chi connectivity index (χ1) is 8.76. The topological polar surface area (TPSA) is 43.4 Å².